The second kappa shape index (κ2) is 7.37. The number of nitrogens with one attached hydrogen (secondary N) is 2. The SMILES string of the molecule is CC1CCNCC1NC(=O)c1sc2cc(Cl)ccc2c1Cl.Cl. The number of rotatable bonds is 2. The molecule has 2 atom stereocenters. The standard InChI is InChI=1S/C15H16Cl2N2OS.ClH/c1-8-4-5-18-7-11(8)19-15(20)14-13(17)10-3-2-9(16)6-12(10)21-14;/h2-3,6,8,11,18H,4-5,7H2,1H3,(H,19,20);1H. The molecule has 1 aromatic carbocycles. The van der Waals surface area contributed by atoms with Gasteiger partial charge in [0.05, 0.1) is 5.02 Å². The number of fused-ring (bicyclic) bond motifs is 1. The largest absolute Gasteiger partial charge is 0.347 e. The zero-order chi connectivity index (χ0) is 15.0. The summed E-state index contributed by atoms with van der Waals surface area (Å²) >= 11 is 13.7. The van der Waals surface area contributed by atoms with Crippen molar-refractivity contribution in [3.63, 3.8) is 0 Å². The van der Waals surface area contributed by atoms with Crippen LogP contribution in [0.2, 0.25) is 10.0 Å². The Labute approximate surface area is 149 Å². The number of thiophene rings is 1. The molecule has 3 rings (SSSR count). The third kappa shape index (κ3) is 3.52. The van der Waals surface area contributed by atoms with Gasteiger partial charge in [-0.3, -0.25) is 4.79 Å². The lowest BCUT2D eigenvalue weighted by atomic mass is 9.95. The van der Waals surface area contributed by atoms with Crippen molar-refractivity contribution in [1.82, 2.24) is 10.6 Å². The molecule has 120 valence electrons. The van der Waals surface area contributed by atoms with Gasteiger partial charge in [0, 0.05) is 27.7 Å². The fourth-order valence-electron chi connectivity index (χ4n) is 2.60. The molecule has 1 aliphatic heterocycles. The Morgan fingerprint density at radius 2 is 2.18 bits per heavy atom. The van der Waals surface area contributed by atoms with E-state index in [1.54, 1.807) is 6.07 Å². The number of benzene rings is 1. The summed E-state index contributed by atoms with van der Waals surface area (Å²) in [6.45, 7) is 3.98. The molecule has 0 bridgehead atoms. The Kier molecular flexibility index (Phi) is 5.97. The van der Waals surface area contributed by atoms with E-state index in [-0.39, 0.29) is 24.4 Å². The van der Waals surface area contributed by atoms with Gasteiger partial charge in [-0.2, -0.15) is 0 Å². The molecule has 0 radical (unpaired) electrons. The average molecular weight is 380 g/mol. The summed E-state index contributed by atoms with van der Waals surface area (Å²) in [7, 11) is 0. The van der Waals surface area contributed by atoms with Crippen LogP contribution in [0, 0.1) is 5.92 Å². The summed E-state index contributed by atoms with van der Waals surface area (Å²) < 4.78 is 0.937. The van der Waals surface area contributed by atoms with E-state index < -0.39 is 0 Å². The van der Waals surface area contributed by atoms with Crippen molar-refractivity contribution in [2.75, 3.05) is 13.1 Å². The first kappa shape index (κ1) is 17.8. The molecular formula is C15H17Cl3N2OS. The molecule has 1 fully saturated rings. The fourth-order valence-corrected chi connectivity index (χ4v) is 4.30. The number of hydrogen-bond donors (Lipinski definition) is 2. The summed E-state index contributed by atoms with van der Waals surface area (Å²) in [5.74, 6) is 0.371. The Morgan fingerprint density at radius 1 is 1.41 bits per heavy atom. The Bertz CT molecular complexity index is 689. The summed E-state index contributed by atoms with van der Waals surface area (Å²) in [6.07, 6.45) is 1.07. The minimum absolute atomic E-state index is 0. The first-order chi connectivity index (χ1) is 10.1. The van der Waals surface area contributed by atoms with Crippen LogP contribution in [0.5, 0.6) is 0 Å². The molecule has 2 unspecified atom stereocenters. The van der Waals surface area contributed by atoms with Gasteiger partial charge in [-0.1, -0.05) is 36.2 Å². The van der Waals surface area contributed by atoms with Crippen molar-refractivity contribution in [2.24, 2.45) is 5.92 Å². The highest BCUT2D eigenvalue weighted by Gasteiger charge is 2.25. The van der Waals surface area contributed by atoms with Gasteiger partial charge >= 0.3 is 0 Å². The van der Waals surface area contributed by atoms with E-state index in [1.165, 1.54) is 11.3 Å². The predicted octanol–water partition coefficient (Wildman–Crippen LogP) is 4.36. The molecule has 3 nitrogen and oxygen atoms in total. The molecule has 2 N–H and O–H groups in total. The number of piperidine rings is 1. The molecule has 22 heavy (non-hydrogen) atoms. The number of hydrogen-bond acceptors (Lipinski definition) is 3. The lowest BCUT2D eigenvalue weighted by Crippen LogP contribution is -2.50. The molecule has 0 saturated carbocycles. The summed E-state index contributed by atoms with van der Waals surface area (Å²) in [6, 6.07) is 5.64. The molecule has 1 aromatic heterocycles. The quantitative estimate of drug-likeness (QED) is 0.814. The second-order valence-corrected chi connectivity index (χ2v) is 7.30. The van der Waals surface area contributed by atoms with Gasteiger partial charge in [0.2, 0.25) is 0 Å². The Morgan fingerprint density at radius 3 is 2.91 bits per heavy atom. The fraction of sp³-hybridized carbons (Fsp3) is 0.400. The van der Waals surface area contributed by atoms with Crippen molar-refractivity contribution in [3.05, 3.63) is 33.1 Å². The minimum Gasteiger partial charge on any atom is -0.347 e. The van der Waals surface area contributed by atoms with Crippen LogP contribution in [0.3, 0.4) is 0 Å². The summed E-state index contributed by atoms with van der Waals surface area (Å²) in [5, 5.41) is 8.45. The van der Waals surface area contributed by atoms with Crippen LogP contribution in [0.15, 0.2) is 18.2 Å². The van der Waals surface area contributed by atoms with Gasteiger partial charge in [0.25, 0.3) is 5.91 Å². The maximum atomic E-state index is 12.5. The average Bonchev–Trinajstić information content (AvgIpc) is 2.78. The normalized spacial score (nSPS) is 21.4. The van der Waals surface area contributed by atoms with Crippen LogP contribution >= 0.6 is 46.9 Å². The monoisotopic (exact) mass is 378 g/mol. The van der Waals surface area contributed by atoms with Crippen LogP contribution in [0.25, 0.3) is 10.1 Å². The predicted molar refractivity (Wildman–Crippen MR) is 97.0 cm³/mol. The van der Waals surface area contributed by atoms with Gasteiger partial charge in [-0.15, -0.1) is 23.7 Å². The van der Waals surface area contributed by atoms with Crippen LogP contribution in [0.1, 0.15) is 23.0 Å². The van der Waals surface area contributed by atoms with Crippen molar-refractivity contribution < 1.29 is 4.79 Å². The third-order valence-corrected chi connectivity index (χ3v) is 5.83. The van der Waals surface area contributed by atoms with Crippen LogP contribution in [-0.4, -0.2) is 25.0 Å². The van der Waals surface area contributed by atoms with Gasteiger partial charge in [-0.25, -0.2) is 0 Å². The van der Waals surface area contributed by atoms with Crippen molar-refractivity contribution in [2.45, 2.75) is 19.4 Å². The van der Waals surface area contributed by atoms with Gasteiger partial charge in [0.1, 0.15) is 4.88 Å². The van der Waals surface area contributed by atoms with E-state index in [4.69, 9.17) is 23.2 Å². The highest BCUT2D eigenvalue weighted by atomic mass is 35.5. The molecule has 1 saturated heterocycles. The molecule has 1 amide bonds. The maximum Gasteiger partial charge on any atom is 0.263 e. The lowest BCUT2D eigenvalue weighted by Gasteiger charge is -2.30. The highest BCUT2D eigenvalue weighted by Crippen LogP contribution is 2.36. The topological polar surface area (TPSA) is 41.1 Å². The lowest BCUT2D eigenvalue weighted by molar-refractivity contribution is 0.0919. The number of carbonyl (C=O) groups excluding carboxylic acids is 1. The summed E-state index contributed by atoms with van der Waals surface area (Å²) in [4.78, 5) is 13.0. The van der Waals surface area contributed by atoms with E-state index >= 15 is 0 Å². The smallest absolute Gasteiger partial charge is 0.263 e. The van der Waals surface area contributed by atoms with Gasteiger partial charge in [-0.05, 0) is 31.0 Å². The Hall–Kier alpha value is -0.520. The third-order valence-electron chi connectivity index (χ3n) is 3.94. The van der Waals surface area contributed by atoms with Crippen molar-refractivity contribution >= 4 is 62.9 Å². The van der Waals surface area contributed by atoms with Crippen LogP contribution in [0.4, 0.5) is 0 Å². The molecule has 2 heterocycles. The molecule has 2 aromatic rings. The van der Waals surface area contributed by atoms with E-state index in [2.05, 4.69) is 17.6 Å². The molecule has 0 spiro atoms. The molecule has 7 heteroatoms. The molecular weight excluding hydrogens is 363 g/mol. The van der Waals surface area contributed by atoms with Crippen LogP contribution < -0.4 is 10.6 Å². The first-order valence-corrected chi connectivity index (χ1v) is 8.52. The maximum absolute atomic E-state index is 12.5. The summed E-state index contributed by atoms with van der Waals surface area (Å²) in [5.41, 5.74) is 0. The van der Waals surface area contributed by atoms with Gasteiger partial charge in [0.15, 0.2) is 0 Å². The Balaban J connectivity index is 0.00000176. The van der Waals surface area contributed by atoms with E-state index in [0.29, 0.717) is 20.8 Å². The zero-order valence-electron chi connectivity index (χ0n) is 12.0. The molecule has 0 aliphatic carbocycles. The van der Waals surface area contributed by atoms with E-state index in [1.807, 2.05) is 12.1 Å². The highest BCUT2D eigenvalue weighted by molar-refractivity contribution is 7.21. The second-order valence-electron chi connectivity index (χ2n) is 5.44. The first-order valence-electron chi connectivity index (χ1n) is 6.95. The van der Waals surface area contributed by atoms with E-state index in [0.717, 1.165) is 29.6 Å². The zero-order valence-corrected chi connectivity index (χ0v) is 15.1. The molecule has 1 aliphatic rings. The number of carbonyl (C=O) groups is 1. The van der Waals surface area contributed by atoms with Crippen molar-refractivity contribution in [1.29, 1.82) is 0 Å². The minimum atomic E-state index is -0.0992. The van der Waals surface area contributed by atoms with E-state index in [9.17, 15) is 4.79 Å². The van der Waals surface area contributed by atoms with Crippen LogP contribution in [-0.2, 0) is 0 Å². The van der Waals surface area contributed by atoms with Gasteiger partial charge < -0.3 is 10.6 Å². The number of halogens is 3. The van der Waals surface area contributed by atoms with Crippen molar-refractivity contribution in [3.8, 4) is 0 Å². The number of amides is 1.